The van der Waals surface area contributed by atoms with Gasteiger partial charge in [0.2, 0.25) is 0 Å². The Morgan fingerprint density at radius 3 is 2.50 bits per heavy atom. The molecule has 9 heteroatoms. The Morgan fingerprint density at radius 2 is 1.71 bits per heavy atom. The fourth-order valence-corrected chi connectivity index (χ4v) is 4.77. The molecule has 0 N–H and O–H groups in total. The number of benzene rings is 2. The van der Waals surface area contributed by atoms with Gasteiger partial charge in [0.05, 0.1) is 39.6 Å². The normalized spacial score (nSPS) is 13.1. The van der Waals surface area contributed by atoms with Crippen molar-refractivity contribution in [3.63, 3.8) is 0 Å². The van der Waals surface area contributed by atoms with Crippen LogP contribution in [0, 0.1) is 0 Å². The lowest BCUT2D eigenvalue weighted by Gasteiger charge is -2.22. The molecule has 2 aromatic rings. The number of ether oxygens (including phenoxy) is 6. The first-order valence-corrected chi connectivity index (χ1v) is 14.9. The summed E-state index contributed by atoms with van der Waals surface area (Å²) in [6, 6.07) is 11.3. The predicted molar refractivity (Wildman–Crippen MR) is 157 cm³/mol. The van der Waals surface area contributed by atoms with Gasteiger partial charge in [0.25, 0.3) is 0 Å². The molecule has 0 amide bonds. The molecule has 3 rings (SSSR count). The van der Waals surface area contributed by atoms with Crippen molar-refractivity contribution in [3.8, 4) is 17.2 Å². The predicted octanol–water partition coefficient (Wildman–Crippen LogP) is 5.68. The number of hydrogen-bond acceptors (Lipinski definition) is 9. The van der Waals surface area contributed by atoms with Crippen molar-refractivity contribution in [3.05, 3.63) is 53.1 Å². The summed E-state index contributed by atoms with van der Waals surface area (Å²) in [7, 11) is 2.74. The first-order chi connectivity index (χ1) is 20.5. The van der Waals surface area contributed by atoms with Gasteiger partial charge in [-0.3, -0.25) is 9.59 Å². The van der Waals surface area contributed by atoms with Gasteiger partial charge in [-0.1, -0.05) is 25.5 Å². The van der Waals surface area contributed by atoms with E-state index >= 15 is 0 Å². The molecule has 0 aliphatic carbocycles. The second-order valence-electron chi connectivity index (χ2n) is 10.2. The van der Waals surface area contributed by atoms with Crippen LogP contribution in [0.4, 0.5) is 0 Å². The topological polar surface area (TPSA) is 107 Å². The van der Waals surface area contributed by atoms with E-state index in [2.05, 4.69) is 11.7 Å². The number of unbranched alkanes of at least 4 members (excludes halogenated alkanes) is 3. The van der Waals surface area contributed by atoms with Crippen molar-refractivity contribution < 1.29 is 42.8 Å². The number of methoxy groups -OCH3 is 2. The zero-order valence-electron chi connectivity index (χ0n) is 25.1. The largest absolute Gasteiger partial charge is 0.494 e. The van der Waals surface area contributed by atoms with E-state index in [1.54, 1.807) is 0 Å². The van der Waals surface area contributed by atoms with Crippen molar-refractivity contribution in [2.75, 3.05) is 40.6 Å². The van der Waals surface area contributed by atoms with Gasteiger partial charge in [-0.15, -0.1) is 0 Å². The number of ketones is 1. The van der Waals surface area contributed by atoms with Crippen LogP contribution in [0.1, 0.15) is 79.8 Å². The SMILES string of the molecule is CCCc1c(OCCCCCOC(Cc2cccc(OCCCCC(=O)OC)c2)C(=O)OC)ccc2c1OCCC2=O. The van der Waals surface area contributed by atoms with Crippen LogP contribution in [-0.4, -0.2) is 64.5 Å². The van der Waals surface area contributed by atoms with E-state index in [1.165, 1.54) is 14.2 Å². The number of carbonyl (C=O) groups is 3. The van der Waals surface area contributed by atoms with E-state index in [-0.39, 0.29) is 11.8 Å². The fraction of sp³-hybridized carbons (Fsp3) is 0.545. The van der Waals surface area contributed by atoms with E-state index in [4.69, 9.17) is 23.7 Å². The van der Waals surface area contributed by atoms with Gasteiger partial charge in [0.15, 0.2) is 11.9 Å². The molecular weight excluding hydrogens is 540 g/mol. The fourth-order valence-electron chi connectivity index (χ4n) is 4.77. The van der Waals surface area contributed by atoms with Gasteiger partial charge in [-0.25, -0.2) is 4.79 Å². The molecule has 0 bridgehead atoms. The molecule has 1 atom stereocenters. The number of fused-ring (bicyclic) bond motifs is 1. The van der Waals surface area contributed by atoms with E-state index in [0.717, 1.165) is 55.4 Å². The lowest BCUT2D eigenvalue weighted by Crippen LogP contribution is -2.28. The molecule has 1 aliphatic heterocycles. The second-order valence-corrected chi connectivity index (χ2v) is 10.2. The zero-order chi connectivity index (χ0) is 30.2. The smallest absolute Gasteiger partial charge is 0.335 e. The average molecular weight is 585 g/mol. The third-order valence-electron chi connectivity index (χ3n) is 7.01. The molecular formula is C33H44O9. The maximum absolute atomic E-state index is 12.4. The van der Waals surface area contributed by atoms with Crippen molar-refractivity contribution in [2.24, 2.45) is 0 Å². The number of Topliss-reactive ketones (excluding diaryl/α,β-unsaturated/α-hetero) is 1. The molecule has 1 heterocycles. The third-order valence-corrected chi connectivity index (χ3v) is 7.01. The van der Waals surface area contributed by atoms with Gasteiger partial charge >= 0.3 is 11.9 Å². The Balaban J connectivity index is 1.40. The molecule has 1 unspecified atom stereocenters. The molecule has 1 aliphatic rings. The summed E-state index contributed by atoms with van der Waals surface area (Å²) in [5.74, 6) is 1.65. The lowest BCUT2D eigenvalue weighted by atomic mass is 9.98. The summed E-state index contributed by atoms with van der Waals surface area (Å²) in [6.07, 6.45) is 6.08. The molecule has 2 aromatic carbocycles. The van der Waals surface area contributed by atoms with Gasteiger partial charge in [0.1, 0.15) is 17.2 Å². The molecule has 230 valence electrons. The zero-order valence-corrected chi connectivity index (χ0v) is 25.1. The first-order valence-electron chi connectivity index (χ1n) is 14.9. The highest BCUT2D eigenvalue weighted by Gasteiger charge is 2.24. The van der Waals surface area contributed by atoms with Crippen molar-refractivity contribution >= 4 is 17.7 Å². The average Bonchev–Trinajstić information content (AvgIpc) is 3.00. The molecule has 9 nitrogen and oxygen atoms in total. The van der Waals surface area contributed by atoms with Crippen LogP contribution in [0.15, 0.2) is 36.4 Å². The quantitative estimate of drug-likeness (QED) is 0.152. The van der Waals surface area contributed by atoms with Crippen LogP contribution in [0.2, 0.25) is 0 Å². The van der Waals surface area contributed by atoms with Crippen molar-refractivity contribution in [1.82, 2.24) is 0 Å². The van der Waals surface area contributed by atoms with Crippen LogP contribution >= 0.6 is 0 Å². The van der Waals surface area contributed by atoms with Gasteiger partial charge in [-0.05, 0) is 68.4 Å². The highest BCUT2D eigenvalue weighted by atomic mass is 16.6. The van der Waals surface area contributed by atoms with Gasteiger partial charge < -0.3 is 28.4 Å². The Kier molecular flexibility index (Phi) is 14.2. The minimum absolute atomic E-state index is 0.121. The molecule has 0 fully saturated rings. The van der Waals surface area contributed by atoms with Gasteiger partial charge in [-0.2, -0.15) is 0 Å². The maximum Gasteiger partial charge on any atom is 0.335 e. The number of esters is 2. The summed E-state index contributed by atoms with van der Waals surface area (Å²) in [6.45, 7) is 3.96. The standard InChI is InChI=1S/C33H44O9/c1-4-11-27-29(16-15-26-28(34)17-21-42-32(26)27)40-19-7-5-8-20-41-30(33(36)38-3)23-24-12-10-13-25(22-24)39-18-9-6-14-31(35)37-2/h10,12-13,15-16,22,30H,4-9,11,14,17-21,23H2,1-3H3. The van der Waals surface area contributed by atoms with Crippen molar-refractivity contribution in [1.29, 1.82) is 0 Å². The summed E-state index contributed by atoms with van der Waals surface area (Å²) in [5, 5.41) is 0. The van der Waals surface area contributed by atoms with Crippen LogP contribution in [0.5, 0.6) is 17.2 Å². The monoisotopic (exact) mass is 584 g/mol. The molecule has 0 saturated heterocycles. The number of carbonyl (C=O) groups excluding carboxylic acids is 3. The summed E-state index contributed by atoms with van der Waals surface area (Å²) >= 11 is 0. The molecule has 0 spiro atoms. The van der Waals surface area contributed by atoms with E-state index in [9.17, 15) is 14.4 Å². The summed E-state index contributed by atoms with van der Waals surface area (Å²) in [5.41, 5.74) is 2.53. The highest BCUT2D eigenvalue weighted by Crippen LogP contribution is 2.36. The van der Waals surface area contributed by atoms with Gasteiger partial charge in [0, 0.05) is 31.4 Å². The number of rotatable bonds is 19. The minimum atomic E-state index is -0.712. The first kappa shape index (κ1) is 32.9. The van der Waals surface area contributed by atoms with Crippen LogP contribution in [0.3, 0.4) is 0 Å². The Labute approximate surface area is 248 Å². The molecule has 42 heavy (non-hydrogen) atoms. The lowest BCUT2D eigenvalue weighted by molar-refractivity contribution is -0.154. The van der Waals surface area contributed by atoms with E-state index < -0.39 is 12.1 Å². The second kappa shape index (κ2) is 18.1. The highest BCUT2D eigenvalue weighted by molar-refractivity contribution is 6.00. The number of hydrogen-bond donors (Lipinski definition) is 0. The third kappa shape index (κ3) is 10.4. The van der Waals surface area contributed by atoms with Crippen LogP contribution < -0.4 is 14.2 Å². The Morgan fingerprint density at radius 1 is 0.929 bits per heavy atom. The van der Waals surface area contributed by atoms with Crippen molar-refractivity contribution in [2.45, 2.75) is 77.2 Å². The Hall–Kier alpha value is -3.59. The summed E-state index contributed by atoms with van der Waals surface area (Å²) < 4.78 is 33.3. The van der Waals surface area contributed by atoms with Crippen LogP contribution in [0.25, 0.3) is 0 Å². The maximum atomic E-state index is 12.4. The summed E-state index contributed by atoms with van der Waals surface area (Å²) in [4.78, 5) is 35.8. The van der Waals surface area contributed by atoms with Crippen LogP contribution in [-0.2, 0) is 36.6 Å². The molecule has 0 aromatic heterocycles. The molecule has 0 radical (unpaired) electrons. The van der Waals surface area contributed by atoms with E-state index in [0.29, 0.717) is 69.2 Å². The Bertz CT molecular complexity index is 1160. The molecule has 0 saturated carbocycles. The van der Waals surface area contributed by atoms with E-state index in [1.807, 2.05) is 36.4 Å². The minimum Gasteiger partial charge on any atom is -0.494 e.